The molecule has 28 heavy (non-hydrogen) atoms. The van der Waals surface area contributed by atoms with Gasteiger partial charge in [-0.3, -0.25) is 0 Å². The molecule has 3 fully saturated rings. The summed E-state index contributed by atoms with van der Waals surface area (Å²) in [5.74, 6) is 5.46. The van der Waals surface area contributed by atoms with Crippen LogP contribution in [0.3, 0.4) is 0 Å². The van der Waals surface area contributed by atoms with Gasteiger partial charge in [-0.05, 0) is 97.7 Å². The molecule has 0 saturated heterocycles. The predicted molar refractivity (Wildman–Crippen MR) is 119 cm³/mol. The second-order valence-corrected chi connectivity index (χ2v) is 12.2. The van der Waals surface area contributed by atoms with Crippen LogP contribution in [0.5, 0.6) is 0 Å². The maximum atomic E-state index is 10.2. The Morgan fingerprint density at radius 2 is 1.79 bits per heavy atom. The zero-order chi connectivity index (χ0) is 20.1. The van der Waals surface area contributed by atoms with Crippen molar-refractivity contribution in [1.82, 2.24) is 0 Å². The largest absolute Gasteiger partial charge is 0.393 e. The summed E-state index contributed by atoms with van der Waals surface area (Å²) in [6.07, 6.45) is 17.2. The van der Waals surface area contributed by atoms with Crippen LogP contribution in [0.4, 0.5) is 0 Å². The van der Waals surface area contributed by atoms with E-state index >= 15 is 0 Å². The van der Waals surface area contributed by atoms with Crippen LogP contribution in [0.25, 0.3) is 0 Å². The van der Waals surface area contributed by atoms with Gasteiger partial charge in [-0.1, -0.05) is 65.5 Å². The molecule has 0 bridgehead atoms. The second-order valence-electron chi connectivity index (χ2n) is 12.2. The summed E-state index contributed by atoms with van der Waals surface area (Å²) in [5, 5.41) is 10.2. The maximum absolute atomic E-state index is 10.2. The number of allylic oxidation sites excluding steroid dienone is 1. The van der Waals surface area contributed by atoms with Crippen molar-refractivity contribution in [2.45, 2.75) is 111 Å². The quantitative estimate of drug-likeness (QED) is 0.488. The number of fused-ring (bicyclic) bond motifs is 5. The first kappa shape index (κ1) is 21.0. The highest BCUT2D eigenvalue weighted by atomic mass is 16.3. The van der Waals surface area contributed by atoms with Crippen molar-refractivity contribution in [3.63, 3.8) is 0 Å². The van der Waals surface area contributed by atoms with E-state index in [0.717, 1.165) is 48.3 Å². The zero-order valence-electron chi connectivity index (χ0n) is 19.3. The minimum atomic E-state index is -0.0766. The van der Waals surface area contributed by atoms with Gasteiger partial charge in [-0.25, -0.2) is 0 Å². The van der Waals surface area contributed by atoms with E-state index in [1.165, 1.54) is 57.8 Å². The first-order chi connectivity index (χ1) is 13.3. The van der Waals surface area contributed by atoms with Crippen LogP contribution in [0.15, 0.2) is 11.6 Å². The highest BCUT2D eigenvalue weighted by Crippen LogP contribution is 2.67. The molecule has 0 amide bonds. The summed E-state index contributed by atoms with van der Waals surface area (Å²) in [6.45, 7) is 12.6. The smallest absolute Gasteiger partial charge is 0.0577 e. The monoisotopic (exact) mass is 386 g/mol. The van der Waals surface area contributed by atoms with Gasteiger partial charge in [0.15, 0.2) is 0 Å². The van der Waals surface area contributed by atoms with Gasteiger partial charge < -0.3 is 5.11 Å². The molecule has 160 valence electrons. The van der Waals surface area contributed by atoms with Crippen molar-refractivity contribution in [3.8, 4) is 0 Å². The Bertz CT molecular complexity index is 591. The van der Waals surface area contributed by atoms with E-state index in [4.69, 9.17) is 0 Å². The highest BCUT2D eigenvalue weighted by molar-refractivity contribution is 5.25. The van der Waals surface area contributed by atoms with E-state index in [2.05, 4.69) is 40.7 Å². The first-order valence-electron chi connectivity index (χ1n) is 12.6. The molecule has 1 heteroatoms. The summed E-state index contributed by atoms with van der Waals surface area (Å²) >= 11 is 0. The summed E-state index contributed by atoms with van der Waals surface area (Å²) < 4.78 is 0. The minimum absolute atomic E-state index is 0.0766. The second kappa shape index (κ2) is 7.75. The fourth-order valence-corrected chi connectivity index (χ4v) is 8.67. The van der Waals surface area contributed by atoms with Crippen LogP contribution in [0, 0.1) is 46.3 Å². The van der Waals surface area contributed by atoms with Gasteiger partial charge in [0.1, 0.15) is 0 Å². The standard InChI is InChI=1S/C27H46O/c1-18(2)7-6-8-19(3)23-11-12-24-22-10-9-20-17-21(28)13-15-26(20,4)25(22)14-16-27(23,24)5/h9,18-19,21-25,28H,6-8,10-17H2,1-5H3/t19-,21-,22-,23-,24-,25+,26+,27-/m0/s1. The van der Waals surface area contributed by atoms with Crippen LogP contribution < -0.4 is 0 Å². The van der Waals surface area contributed by atoms with Gasteiger partial charge in [0.05, 0.1) is 6.10 Å². The molecule has 4 aliphatic carbocycles. The van der Waals surface area contributed by atoms with Gasteiger partial charge in [-0.15, -0.1) is 0 Å². The molecule has 1 N–H and O–H groups in total. The van der Waals surface area contributed by atoms with Crippen LogP contribution in [-0.2, 0) is 0 Å². The molecular weight excluding hydrogens is 340 g/mol. The fourth-order valence-electron chi connectivity index (χ4n) is 8.67. The molecule has 0 radical (unpaired) electrons. The predicted octanol–water partition coefficient (Wildman–Crippen LogP) is 7.39. The average molecular weight is 387 g/mol. The third-order valence-electron chi connectivity index (χ3n) is 10.3. The average Bonchev–Trinajstić information content (AvgIpc) is 2.99. The van der Waals surface area contributed by atoms with Crippen LogP contribution in [0.1, 0.15) is 105 Å². The fraction of sp³-hybridized carbons (Fsp3) is 0.926. The van der Waals surface area contributed by atoms with Crippen LogP contribution in [0.2, 0.25) is 0 Å². The van der Waals surface area contributed by atoms with Crippen LogP contribution >= 0.6 is 0 Å². The van der Waals surface area contributed by atoms with Crippen molar-refractivity contribution >= 4 is 0 Å². The number of aliphatic hydroxyl groups is 1. The Morgan fingerprint density at radius 3 is 2.54 bits per heavy atom. The molecule has 0 aliphatic heterocycles. The Labute approximate surface area is 174 Å². The topological polar surface area (TPSA) is 20.2 Å². The lowest BCUT2D eigenvalue weighted by Gasteiger charge is -2.58. The number of aliphatic hydroxyl groups excluding tert-OH is 1. The molecule has 0 heterocycles. The van der Waals surface area contributed by atoms with Crippen molar-refractivity contribution in [2.75, 3.05) is 0 Å². The van der Waals surface area contributed by atoms with E-state index in [9.17, 15) is 5.11 Å². The molecule has 8 atom stereocenters. The molecule has 1 nitrogen and oxygen atoms in total. The Hall–Kier alpha value is -0.300. The zero-order valence-corrected chi connectivity index (χ0v) is 19.3. The van der Waals surface area contributed by atoms with Gasteiger partial charge >= 0.3 is 0 Å². The molecule has 3 saturated carbocycles. The summed E-state index contributed by atoms with van der Waals surface area (Å²) in [5.41, 5.74) is 2.60. The van der Waals surface area contributed by atoms with Crippen molar-refractivity contribution in [1.29, 1.82) is 0 Å². The number of rotatable bonds is 5. The third-order valence-corrected chi connectivity index (χ3v) is 10.3. The van der Waals surface area contributed by atoms with Crippen molar-refractivity contribution in [3.05, 3.63) is 11.6 Å². The molecule has 4 aliphatic rings. The summed E-state index contributed by atoms with van der Waals surface area (Å²) in [7, 11) is 0. The lowest BCUT2D eigenvalue weighted by Crippen LogP contribution is -2.50. The van der Waals surface area contributed by atoms with Gasteiger partial charge in [-0.2, -0.15) is 0 Å². The SMILES string of the molecule is CC(C)CCC[C@H](C)[C@@H]1CC[C@H]2[C@@H]3CC=C4C[C@@H](O)CC[C@@]4(C)[C@@H]3CC[C@]21C. The number of hydrogen-bond donors (Lipinski definition) is 1. The van der Waals surface area contributed by atoms with Gasteiger partial charge in [0.2, 0.25) is 0 Å². The molecule has 0 unspecified atom stereocenters. The van der Waals surface area contributed by atoms with Gasteiger partial charge in [0, 0.05) is 0 Å². The van der Waals surface area contributed by atoms with E-state index < -0.39 is 0 Å². The highest BCUT2D eigenvalue weighted by Gasteiger charge is 2.59. The van der Waals surface area contributed by atoms with Crippen molar-refractivity contribution < 1.29 is 5.11 Å². The molecule has 0 aromatic carbocycles. The van der Waals surface area contributed by atoms with E-state index in [0.29, 0.717) is 10.8 Å². The molecule has 4 rings (SSSR count). The number of hydrogen-bond acceptors (Lipinski definition) is 1. The Kier molecular flexibility index (Phi) is 5.80. The third kappa shape index (κ3) is 3.42. The normalized spacial score (nSPS) is 46.5. The summed E-state index contributed by atoms with van der Waals surface area (Å²) in [6, 6.07) is 0. The van der Waals surface area contributed by atoms with Crippen molar-refractivity contribution in [2.24, 2.45) is 46.3 Å². The molecular formula is C27H46O. The minimum Gasteiger partial charge on any atom is -0.393 e. The maximum Gasteiger partial charge on any atom is 0.0577 e. The van der Waals surface area contributed by atoms with Gasteiger partial charge in [0.25, 0.3) is 0 Å². The molecule has 0 spiro atoms. The van der Waals surface area contributed by atoms with E-state index in [-0.39, 0.29) is 6.10 Å². The molecule has 0 aromatic heterocycles. The Morgan fingerprint density at radius 1 is 1.00 bits per heavy atom. The molecule has 0 aromatic rings. The van der Waals surface area contributed by atoms with E-state index in [1.54, 1.807) is 5.57 Å². The lowest BCUT2D eigenvalue weighted by molar-refractivity contribution is -0.0573. The van der Waals surface area contributed by atoms with Crippen LogP contribution in [-0.4, -0.2) is 11.2 Å². The Balaban J connectivity index is 1.49. The van der Waals surface area contributed by atoms with E-state index in [1.807, 2.05) is 0 Å². The first-order valence-corrected chi connectivity index (χ1v) is 12.6. The lowest BCUT2D eigenvalue weighted by atomic mass is 9.47. The summed E-state index contributed by atoms with van der Waals surface area (Å²) in [4.78, 5) is 0.